The first-order valence-corrected chi connectivity index (χ1v) is 4.07. The molecule has 1 rings (SSSR count). The molecule has 0 bridgehead atoms. The minimum Gasteiger partial charge on any atom is -0.308 e. The highest BCUT2D eigenvalue weighted by Crippen LogP contribution is 2.11. The predicted molar refractivity (Wildman–Crippen MR) is 51.0 cm³/mol. The van der Waals surface area contributed by atoms with Crippen LogP contribution in [0, 0.1) is 5.41 Å². The molecule has 0 spiro atoms. The van der Waals surface area contributed by atoms with E-state index in [4.69, 9.17) is 5.41 Å². The monoisotopic (exact) mass is 246 g/mol. The van der Waals surface area contributed by atoms with Crippen molar-refractivity contribution < 1.29 is 0 Å². The summed E-state index contributed by atoms with van der Waals surface area (Å²) in [7, 11) is 0. The van der Waals surface area contributed by atoms with E-state index < -0.39 is 0 Å². The van der Waals surface area contributed by atoms with Gasteiger partial charge in [0, 0.05) is 10.3 Å². The molecule has 10 heavy (non-hydrogen) atoms. The highest BCUT2D eigenvalue weighted by Gasteiger charge is 2.00. The van der Waals surface area contributed by atoms with E-state index in [0.29, 0.717) is 0 Å². The van der Waals surface area contributed by atoms with E-state index in [1.165, 1.54) is 6.34 Å². The molecule has 0 unspecified atom stereocenters. The second kappa shape index (κ2) is 3.55. The lowest BCUT2D eigenvalue weighted by atomic mass is 10.3. The van der Waals surface area contributed by atoms with Crippen LogP contribution in [0.2, 0.25) is 0 Å². The molecule has 1 aliphatic heterocycles. The average molecular weight is 246 g/mol. The van der Waals surface area contributed by atoms with Gasteiger partial charge in [-0.15, -0.1) is 0 Å². The van der Waals surface area contributed by atoms with E-state index in [-0.39, 0.29) is 0 Å². The average Bonchev–Trinajstić information content (AvgIpc) is 2.04. The first-order valence-electron chi connectivity index (χ1n) is 2.82. The standard InChI is InChI=1S/C7H7IN2/c8-5-7-3-1-2-4-10(7)6-9/h1-6,9H/b7-5-,9-6?. The SMILES string of the molecule is N=CN1C=CC=C/C1=C/I. The zero-order chi connectivity index (χ0) is 7.40. The van der Waals surface area contributed by atoms with E-state index in [1.54, 1.807) is 4.90 Å². The summed E-state index contributed by atoms with van der Waals surface area (Å²) in [4.78, 5) is 1.74. The maximum atomic E-state index is 7.00. The molecule has 0 saturated carbocycles. The van der Waals surface area contributed by atoms with Crippen LogP contribution in [0.15, 0.2) is 34.2 Å². The molecule has 0 fully saturated rings. The number of hydrogen-bond acceptors (Lipinski definition) is 1. The topological polar surface area (TPSA) is 27.1 Å². The fraction of sp³-hybridized carbons (Fsp3) is 0. The van der Waals surface area contributed by atoms with E-state index >= 15 is 0 Å². The van der Waals surface area contributed by atoms with E-state index in [1.807, 2.05) is 28.5 Å². The van der Waals surface area contributed by atoms with Crippen LogP contribution in [-0.4, -0.2) is 11.2 Å². The molecule has 0 atom stereocenters. The lowest BCUT2D eigenvalue weighted by Crippen LogP contribution is -2.13. The summed E-state index contributed by atoms with van der Waals surface area (Å²) in [5, 5.41) is 7.00. The lowest BCUT2D eigenvalue weighted by molar-refractivity contribution is 0.727. The smallest absolute Gasteiger partial charge is 0.0903 e. The van der Waals surface area contributed by atoms with Crippen molar-refractivity contribution in [1.29, 1.82) is 5.41 Å². The first kappa shape index (κ1) is 7.53. The maximum Gasteiger partial charge on any atom is 0.0903 e. The summed E-state index contributed by atoms with van der Waals surface area (Å²) in [6, 6.07) is 0. The van der Waals surface area contributed by atoms with Crippen molar-refractivity contribution >= 4 is 28.9 Å². The molecule has 0 amide bonds. The van der Waals surface area contributed by atoms with Crippen LogP contribution < -0.4 is 0 Å². The molecule has 0 aromatic rings. The van der Waals surface area contributed by atoms with Gasteiger partial charge in [0.15, 0.2) is 0 Å². The normalized spacial score (nSPS) is 20.1. The molecular formula is C7H7IN2. The third-order valence-electron chi connectivity index (χ3n) is 1.17. The zero-order valence-electron chi connectivity index (χ0n) is 5.29. The molecule has 52 valence electrons. The van der Waals surface area contributed by atoms with Gasteiger partial charge < -0.3 is 4.90 Å². The first-order chi connectivity index (χ1) is 4.88. The van der Waals surface area contributed by atoms with E-state index in [0.717, 1.165) is 5.70 Å². The minimum absolute atomic E-state index is 1.03. The van der Waals surface area contributed by atoms with Crippen molar-refractivity contribution in [1.82, 2.24) is 4.90 Å². The van der Waals surface area contributed by atoms with Gasteiger partial charge in [0.05, 0.1) is 12.0 Å². The van der Waals surface area contributed by atoms with Gasteiger partial charge in [-0.05, 0) is 12.2 Å². The predicted octanol–water partition coefficient (Wildman–Crippen LogP) is 2.26. The summed E-state index contributed by atoms with van der Waals surface area (Å²) < 4.78 is 1.93. The van der Waals surface area contributed by atoms with Crippen molar-refractivity contribution in [2.45, 2.75) is 0 Å². The molecule has 1 heterocycles. The van der Waals surface area contributed by atoms with Gasteiger partial charge in [-0.3, -0.25) is 5.41 Å². The maximum absolute atomic E-state index is 7.00. The molecule has 0 aromatic heterocycles. The molecule has 2 nitrogen and oxygen atoms in total. The van der Waals surface area contributed by atoms with Crippen molar-refractivity contribution in [3.63, 3.8) is 0 Å². The Bertz CT molecular complexity index is 216. The quantitative estimate of drug-likeness (QED) is 0.429. The number of allylic oxidation sites excluding steroid dienone is 3. The second-order valence-electron chi connectivity index (χ2n) is 1.77. The van der Waals surface area contributed by atoms with Crippen molar-refractivity contribution in [3.05, 3.63) is 34.2 Å². The summed E-state index contributed by atoms with van der Waals surface area (Å²) in [6.07, 6.45) is 8.93. The van der Waals surface area contributed by atoms with Crippen molar-refractivity contribution in [3.8, 4) is 0 Å². The van der Waals surface area contributed by atoms with Gasteiger partial charge in [-0.2, -0.15) is 0 Å². The molecule has 0 saturated heterocycles. The summed E-state index contributed by atoms with van der Waals surface area (Å²) in [5.74, 6) is 0. The summed E-state index contributed by atoms with van der Waals surface area (Å²) >= 11 is 2.15. The van der Waals surface area contributed by atoms with Crippen LogP contribution in [0.25, 0.3) is 0 Å². The number of nitrogens with zero attached hydrogens (tertiary/aromatic N) is 1. The van der Waals surface area contributed by atoms with Crippen LogP contribution in [0.3, 0.4) is 0 Å². The number of rotatable bonds is 1. The highest BCUT2D eigenvalue weighted by atomic mass is 127. The zero-order valence-corrected chi connectivity index (χ0v) is 7.45. The van der Waals surface area contributed by atoms with Crippen LogP contribution in [0.1, 0.15) is 0 Å². The Balaban J connectivity index is 2.83. The second-order valence-corrected chi connectivity index (χ2v) is 2.39. The Labute approximate surface area is 73.6 Å². The van der Waals surface area contributed by atoms with Gasteiger partial charge in [0.2, 0.25) is 0 Å². The Kier molecular flexibility index (Phi) is 2.68. The molecule has 0 radical (unpaired) electrons. The Morgan fingerprint density at radius 3 is 2.80 bits per heavy atom. The van der Waals surface area contributed by atoms with Crippen LogP contribution >= 0.6 is 22.6 Å². The fourth-order valence-corrected chi connectivity index (χ4v) is 1.21. The third-order valence-corrected chi connectivity index (χ3v) is 1.81. The Morgan fingerprint density at radius 1 is 1.50 bits per heavy atom. The largest absolute Gasteiger partial charge is 0.308 e. The van der Waals surface area contributed by atoms with Crippen LogP contribution in [0.4, 0.5) is 0 Å². The molecule has 0 aromatic carbocycles. The van der Waals surface area contributed by atoms with Gasteiger partial charge >= 0.3 is 0 Å². The number of halogens is 1. The van der Waals surface area contributed by atoms with Gasteiger partial charge in [0.1, 0.15) is 0 Å². The van der Waals surface area contributed by atoms with Crippen molar-refractivity contribution in [2.75, 3.05) is 0 Å². The number of hydrogen-bond donors (Lipinski definition) is 1. The minimum atomic E-state index is 1.03. The third kappa shape index (κ3) is 1.47. The van der Waals surface area contributed by atoms with Gasteiger partial charge in [-0.25, -0.2) is 0 Å². The molecule has 1 N–H and O–H groups in total. The summed E-state index contributed by atoms with van der Waals surface area (Å²) in [6.45, 7) is 0. The van der Waals surface area contributed by atoms with Gasteiger partial charge in [-0.1, -0.05) is 28.7 Å². The number of nitrogens with one attached hydrogen (secondary N) is 1. The van der Waals surface area contributed by atoms with E-state index in [9.17, 15) is 0 Å². The Hall–Kier alpha value is -0.580. The highest BCUT2D eigenvalue weighted by molar-refractivity contribution is 14.1. The Morgan fingerprint density at radius 2 is 2.30 bits per heavy atom. The molecule has 0 aliphatic carbocycles. The van der Waals surface area contributed by atoms with E-state index in [2.05, 4.69) is 22.6 Å². The van der Waals surface area contributed by atoms with Gasteiger partial charge in [0.25, 0.3) is 0 Å². The molecule has 1 aliphatic rings. The van der Waals surface area contributed by atoms with Crippen LogP contribution in [-0.2, 0) is 0 Å². The molecule has 3 heteroatoms. The lowest BCUT2D eigenvalue weighted by Gasteiger charge is -2.16. The molecular weight excluding hydrogens is 239 g/mol. The fourth-order valence-electron chi connectivity index (χ4n) is 0.679. The van der Waals surface area contributed by atoms with Crippen molar-refractivity contribution in [2.24, 2.45) is 0 Å². The summed E-state index contributed by atoms with van der Waals surface area (Å²) in [5.41, 5.74) is 1.03. The van der Waals surface area contributed by atoms with Crippen LogP contribution in [0.5, 0.6) is 0 Å².